The van der Waals surface area contributed by atoms with E-state index in [1.54, 1.807) is 29.6 Å². The van der Waals surface area contributed by atoms with Gasteiger partial charge in [-0.05, 0) is 43.0 Å². The third kappa shape index (κ3) is 4.15. The smallest absolute Gasteiger partial charge is 0.273 e. The molecule has 0 aliphatic heterocycles. The zero-order valence-electron chi connectivity index (χ0n) is 12.3. The fourth-order valence-corrected chi connectivity index (χ4v) is 4.13. The summed E-state index contributed by atoms with van der Waals surface area (Å²) < 4.78 is 1.55. The van der Waals surface area contributed by atoms with Crippen LogP contribution in [0.2, 0.25) is 10.0 Å². The van der Waals surface area contributed by atoms with Gasteiger partial charge in [0.1, 0.15) is 0 Å². The van der Waals surface area contributed by atoms with E-state index in [0.717, 1.165) is 24.3 Å². The summed E-state index contributed by atoms with van der Waals surface area (Å²) in [6, 6.07) is 4.78. The lowest BCUT2D eigenvalue weighted by atomic mass is 10.3. The van der Waals surface area contributed by atoms with Crippen LogP contribution in [-0.4, -0.2) is 35.9 Å². The Balaban J connectivity index is 2.27. The van der Waals surface area contributed by atoms with Gasteiger partial charge in [-0.2, -0.15) is 0 Å². The topological polar surface area (TPSA) is 32.8 Å². The van der Waals surface area contributed by atoms with Crippen LogP contribution in [0.3, 0.4) is 0 Å². The number of carbonyl (C=O) groups excluding carboxylic acids is 1. The average Bonchev–Trinajstić information content (AvgIpc) is 2.91. The van der Waals surface area contributed by atoms with Crippen LogP contribution in [0.25, 0.3) is 0 Å². The maximum Gasteiger partial charge on any atom is 0.358 e. The van der Waals surface area contributed by atoms with Crippen molar-refractivity contribution in [2.45, 2.75) is 29.9 Å². The fraction of sp³-hybridized carbons (Fsp3) is 0.500. The molecule has 1 aromatic carbocycles. The molecule has 22 heavy (non-hydrogen) atoms. The predicted octanol–water partition coefficient (Wildman–Crippen LogP) is 5.22. The minimum absolute atomic E-state index is 0.0518. The second-order valence-corrected chi connectivity index (χ2v) is 7.50. The van der Waals surface area contributed by atoms with Crippen LogP contribution >= 0.6 is 46.8 Å². The van der Waals surface area contributed by atoms with Crippen molar-refractivity contribution in [2.24, 2.45) is 0 Å². The molecule has 1 aliphatic rings. The van der Waals surface area contributed by atoms with Gasteiger partial charge in [0, 0.05) is 17.7 Å². The molecule has 0 aromatic heterocycles. The SMILES string of the molecule is CON(C)C(=O)N(SC1CCCC1Cl)c1ccc(Cl)c(Cl)c1. The molecular weight excluding hydrogens is 367 g/mol. The molecule has 2 amide bonds. The molecule has 1 aliphatic carbocycles. The van der Waals surface area contributed by atoms with Crippen LogP contribution in [-0.2, 0) is 4.84 Å². The Morgan fingerprint density at radius 2 is 2.05 bits per heavy atom. The molecule has 0 spiro atoms. The number of urea groups is 1. The number of halogens is 3. The predicted molar refractivity (Wildman–Crippen MR) is 94.0 cm³/mol. The van der Waals surface area contributed by atoms with Crippen molar-refractivity contribution in [1.82, 2.24) is 5.06 Å². The molecule has 1 saturated carbocycles. The number of benzene rings is 1. The maximum atomic E-state index is 12.6. The lowest BCUT2D eigenvalue weighted by molar-refractivity contribution is -0.0609. The molecule has 2 rings (SSSR count). The van der Waals surface area contributed by atoms with Gasteiger partial charge in [-0.1, -0.05) is 29.6 Å². The molecule has 0 N–H and O–H groups in total. The first-order valence-corrected chi connectivity index (χ1v) is 8.84. The molecule has 122 valence electrons. The van der Waals surface area contributed by atoms with Crippen molar-refractivity contribution >= 4 is 58.5 Å². The Morgan fingerprint density at radius 1 is 1.32 bits per heavy atom. The highest BCUT2D eigenvalue weighted by Crippen LogP contribution is 2.39. The molecule has 8 heteroatoms. The molecule has 2 atom stereocenters. The Bertz CT molecular complexity index is 547. The summed E-state index contributed by atoms with van der Waals surface area (Å²) in [5, 5.41) is 2.22. The van der Waals surface area contributed by atoms with Crippen molar-refractivity contribution in [3.05, 3.63) is 28.2 Å². The zero-order chi connectivity index (χ0) is 16.3. The van der Waals surface area contributed by atoms with E-state index in [-0.39, 0.29) is 16.7 Å². The minimum Gasteiger partial charge on any atom is -0.273 e. The molecule has 2 unspecified atom stereocenters. The average molecular weight is 384 g/mol. The fourth-order valence-electron chi connectivity index (χ4n) is 2.17. The van der Waals surface area contributed by atoms with Gasteiger partial charge in [0.25, 0.3) is 0 Å². The van der Waals surface area contributed by atoms with E-state index in [2.05, 4.69) is 0 Å². The third-order valence-corrected chi connectivity index (χ3v) is 6.29. The summed E-state index contributed by atoms with van der Waals surface area (Å²) in [4.78, 5) is 17.5. The Labute approximate surface area is 149 Å². The van der Waals surface area contributed by atoms with Gasteiger partial charge < -0.3 is 0 Å². The van der Waals surface area contributed by atoms with Crippen LogP contribution < -0.4 is 4.31 Å². The third-order valence-electron chi connectivity index (χ3n) is 3.47. The van der Waals surface area contributed by atoms with Crippen molar-refractivity contribution < 1.29 is 9.63 Å². The van der Waals surface area contributed by atoms with E-state index in [1.165, 1.54) is 19.1 Å². The van der Waals surface area contributed by atoms with Crippen molar-refractivity contribution in [3.8, 4) is 0 Å². The summed E-state index contributed by atoms with van der Waals surface area (Å²) in [5.41, 5.74) is 0.643. The number of anilines is 1. The van der Waals surface area contributed by atoms with Crippen molar-refractivity contribution in [1.29, 1.82) is 0 Å². The van der Waals surface area contributed by atoms with Gasteiger partial charge in [0.05, 0.1) is 22.8 Å². The number of amides is 2. The monoisotopic (exact) mass is 382 g/mol. The summed E-state index contributed by atoms with van der Waals surface area (Å²) in [6.45, 7) is 0. The number of nitrogens with zero attached hydrogens (tertiary/aromatic N) is 2. The molecular formula is C14H17Cl3N2O2S. The van der Waals surface area contributed by atoms with Crippen LogP contribution in [0.1, 0.15) is 19.3 Å². The van der Waals surface area contributed by atoms with Gasteiger partial charge >= 0.3 is 6.03 Å². The first kappa shape index (κ1) is 18.0. The quantitative estimate of drug-likeness (QED) is 0.406. The van der Waals surface area contributed by atoms with Crippen molar-refractivity contribution in [2.75, 3.05) is 18.5 Å². The van der Waals surface area contributed by atoms with Crippen molar-refractivity contribution in [3.63, 3.8) is 0 Å². The molecule has 1 fully saturated rings. The Kier molecular flexibility index (Phi) is 6.53. The highest BCUT2D eigenvalue weighted by Gasteiger charge is 2.32. The molecule has 0 saturated heterocycles. The molecule has 0 heterocycles. The van der Waals surface area contributed by atoms with Crippen LogP contribution in [0, 0.1) is 0 Å². The van der Waals surface area contributed by atoms with Gasteiger partial charge in [-0.15, -0.1) is 11.6 Å². The lowest BCUT2D eigenvalue weighted by Gasteiger charge is -2.28. The normalized spacial score (nSPS) is 21.0. The van der Waals surface area contributed by atoms with Crippen LogP contribution in [0.5, 0.6) is 0 Å². The van der Waals surface area contributed by atoms with E-state index in [1.807, 2.05) is 0 Å². The largest absolute Gasteiger partial charge is 0.358 e. The van der Waals surface area contributed by atoms with E-state index in [0.29, 0.717) is 15.7 Å². The van der Waals surface area contributed by atoms with Gasteiger partial charge in [0.15, 0.2) is 0 Å². The Morgan fingerprint density at radius 3 is 2.59 bits per heavy atom. The van der Waals surface area contributed by atoms with Gasteiger partial charge in [0.2, 0.25) is 0 Å². The highest BCUT2D eigenvalue weighted by atomic mass is 35.5. The van der Waals surface area contributed by atoms with E-state index in [9.17, 15) is 4.79 Å². The van der Waals surface area contributed by atoms with Crippen LogP contribution in [0.15, 0.2) is 18.2 Å². The van der Waals surface area contributed by atoms with Gasteiger partial charge in [-0.25, -0.2) is 14.2 Å². The number of carbonyl (C=O) groups is 1. The first-order chi connectivity index (χ1) is 10.4. The first-order valence-electron chi connectivity index (χ1n) is 6.82. The second kappa shape index (κ2) is 7.97. The second-order valence-electron chi connectivity index (χ2n) is 4.95. The molecule has 1 aromatic rings. The van der Waals surface area contributed by atoms with E-state index < -0.39 is 0 Å². The molecule has 0 bridgehead atoms. The summed E-state index contributed by atoms with van der Waals surface area (Å²) in [7, 11) is 3.00. The molecule has 4 nitrogen and oxygen atoms in total. The molecule has 0 radical (unpaired) electrons. The number of hydrogen-bond acceptors (Lipinski definition) is 3. The Hall–Kier alpha value is -0.330. The number of alkyl halides is 1. The minimum atomic E-state index is -0.304. The standard InChI is InChI=1S/C14H17Cl3N2O2S/c1-18(21-2)14(20)19(22-13-5-3-4-11(13)16)9-6-7-10(15)12(17)8-9/h6-8,11,13H,3-5H2,1-2H3. The van der Waals surface area contributed by atoms with Gasteiger partial charge in [-0.3, -0.25) is 4.84 Å². The number of hydrogen-bond donors (Lipinski definition) is 0. The van der Waals surface area contributed by atoms with E-state index >= 15 is 0 Å². The maximum absolute atomic E-state index is 12.6. The van der Waals surface area contributed by atoms with Crippen LogP contribution in [0.4, 0.5) is 10.5 Å². The van der Waals surface area contributed by atoms with E-state index in [4.69, 9.17) is 39.6 Å². The summed E-state index contributed by atoms with van der Waals surface area (Å²) >= 11 is 19.8. The number of rotatable bonds is 4. The zero-order valence-corrected chi connectivity index (χ0v) is 15.3. The summed E-state index contributed by atoms with van der Waals surface area (Å²) in [5.74, 6) is 0. The summed E-state index contributed by atoms with van der Waals surface area (Å²) in [6.07, 6.45) is 3.00. The number of hydroxylamine groups is 2. The highest BCUT2D eigenvalue weighted by molar-refractivity contribution is 8.02. The lowest BCUT2D eigenvalue weighted by Crippen LogP contribution is -2.38.